The first-order valence-electron chi connectivity index (χ1n) is 9.92. The highest BCUT2D eigenvalue weighted by Gasteiger charge is 2.47. The molecule has 1 saturated heterocycles. The molecule has 1 aromatic heterocycles. The van der Waals surface area contributed by atoms with E-state index in [1.54, 1.807) is 12.1 Å². The average molecular weight is 397 g/mol. The fraction of sp³-hybridized carbons (Fsp3) is 0.391. The number of ketones is 1. The van der Waals surface area contributed by atoms with Crippen molar-refractivity contribution in [3.63, 3.8) is 0 Å². The van der Waals surface area contributed by atoms with E-state index in [2.05, 4.69) is 0 Å². The third-order valence-corrected chi connectivity index (χ3v) is 5.29. The van der Waals surface area contributed by atoms with E-state index in [1.165, 1.54) is 9.80 Å². The van der Waals surface area contributed by atoms with Crippen molar-refractivity contribution in [1.29, 1.82) is 0 Å². The second-order valence-corrected chi connectivity index (χ2v) is 8.07. The number of hydrogen-bond donors (Lipinski definition) is 2. The molecule has 0 aliphatic carbocycles. The first-order valence-corrected chi connectivity index (χ1v) is 9.92. The van der Waals surface area contributed by atoms with Crippen LogP contribution in [0.3, 0.4) is 0 Å². The zero-order valence-electron chi connectivity index (χ0n) is 17.7. The molecule has 0 radical (unpaired) electrons. The lowest BCUT2D eigenvalue weighted by Crippen LogP contribution is -3.05. The molecule has 0 bridgehead atoms. The molecule has 1 fully saturated rings. The number of likely N-dealkylation sites (tertiary alicyclic amines) is 1. The van der Waals surface area contributed by atoms with Gasteiger partial charge in [-0.2, -0.15) is 0 Å². The maximum atomic E-state index is 13.0. The van der Waals surface area contributed by atoms with E-state index in [-0.39, 0.29) is 11.3 Å². The zero-order valence-corrected chi connectivity index (χ0v) is 17.7. The van der Waals surface area contributed by atoms with E-state index in [9.17, 15) is 14.7 Å². The third kappa shape index (κ3) is 4.12. The summed E-state index contributed by atoms with van der Waals surface area (Å²) in [5.41, 5.74) is 2.46. The van der Waals surface area contributed by atoms with Crippen molar-refractivity contribution in [1.82, 2.24) is 4.90 Å². The van der Waals surface area contributed by atoms with Crippen LogP contribution in [0.5, 0.6) is 0 Å². The van der Waals surface area contributed by atoms with Gasteiger partial charge < -0.3 is 19.3 Å². The van der Waals surface area contributed by atoms with E-state index in [4.69, 9.17) is 4.42 Å². The largest absolute Gasteiger partial charge is 0.507 e. The number of quaternary nitrogens is 1. The molecular weight excluding hydrogens is 368 g/mol. The lowest BCUT2D eigenvalue weighted by atomic mass is 9.96. The standard InChI is InChI=1S/C23H28N2O4/c1-14-7-8-15(2)17(13-14)21(26)19-20(18-10-9-16(3)29-18)25(23(28)22(19)27)12-6-11-24(4)5/h7-10,13,20,26H,6,11-12H2,1-5H3/p+1. The molecule has 1 unspecified atom stereocenters. The number of aliphatic hydroxyl groups is 1. The summed E-state index contributed by atoms with van der Waals surface area (Å²) < 4.78 is 5.80. The molecule has 6 nitrogen and oxygen atoms in total. The smallest absolute Gasteiger partial charge is 0.295 e. The fourth-order valence-corrected chi connectivity index (χ4v) is 3.75. The van der Waals surface area contributed by atoms with Gasteiger partial charge in [-0.05, 0) is 44.5 Å². The molecule has 2 N–H and O–H groups in total. The Labute approximate surface area is 171 Å². The van der Waals surface area contributed by atoms with Crippen LogP contribution in [0.15, 0.2) is 40.3 Å². The summed E-state index contributed by atoms with van der Waals surface area (Å²) in [6, 6.07) is 8.52. The number of aliphatic hydroxyl groups excluding tert-OH is 1. The highest BCUT2D eigenvalue weighted by atomic mass is 16.3. The molecule has 1 amide bonds. The van der Waals surface area contributed by atoms with Gasteiger partial charge in [-0.1, -0.05) is 17.7 Å². The lowest BCUT2D eigenvalue weighted by Gasteiger charge is -2.23. The Morgan fingerprint density at radius 3 is 2.48 bits per heavy atom. The molecule has 2 aromatic rings. The van der Waals surface area contributed by atoms with Crippen LogP contribution in [0.2, 0.25) is 0 Å². The average Bonchev–Trinajstić information content (AvgIpc) is 3.19. The monoisotopic (exact) mass is 397 g/mol. The number of rotatable bonds is 6. The molecule has 0 spiro atoms. The molecule has 1 atom stereocenters. The van der Waals surface area contributed by atoms with Crippen molar-refractivity contribution in [2.75, 3.05) is 27.2 Å². The van der Waals surface area contributed by atoms with E-state index in [0.717, 1.165) is 24.1 Å². The van der Waals surface area contributed by atoms with Gasteiger partial charge in [0, 0.05) is 18.5 Å². The van der Waals surface area contributed by atoms with Gasteiger partial charge in [0.05, 0.1) is 26.2 Å². The van der Waals surface area contributed by atoms with E-state index in [0.29, 0.717) is 23.6 Å². The topological polar surface area (TPSA) is 75.2 Å². The summed E-state index contributed by atoms with van der Waals surface area (Å²) >= 11 is 0. The van der Waals surface area contributed by atoms with Crippen LogP contribution in [-0.2, 0) is 9.59 Å². The van der Waals surface area contributed by atoms with E-state index < -0.39 is 17.7 Å². The summed E-state index contributed by atoms with van der Waals surface area (Å²) in [5, 5.41) is 11.1. The number of amides is 1. The van der Waals surface area contributed by atoms with Gasteiger partial charge in [-0.3, -0.25) is 9.59 Å². The van der Waals surface area contributed by atoms with E-state index >= 15 is 0 Å². The molecule has 1 aliphatic heterocycles. The van der Waals surface area contributed by atoms with Crippen molar-refractivity contribution in [3.8, 4) is 0 Å². The Morgan fingerprint density at radius 1 is 1.14 bits per heavy atom. The number of nitrogens with one attached hydrogen (secondary N) is 1. The Hall–Kier alpha value is -2.86. The number of carbonyl (C=O) groups excluding carboxylic acids is 2. The van der Waals surface area contributed by atoms with Crippen molar-refractivity contribution in [3.05, 3.63) is 64.1 Å². The summed E-state index contributed by atoms with van der Waals surface area (Å²) in [7, 11) is 4.09. The third-order valence-electron chi connectivity index (χ3n) is 5.29. The van der Waals surface area contributed by atoms with Crippen LogP contribution in [0.4, 0.5) is 0 Å². The zero-order chi connectivity index (χ0) is 21.3. The van der Waals surface area contributed by atoms with Crippen LogP contribution in [-0.4, -0.2) is 48.9 Å². The second-order valence-electron chi connectivity index (χ2n) is 8.07. The van der Waals surface area contributed by atoms with Gasteiger partial charge >= 0.3 is 0 Å². The molecule has 0 saturated carbocycles. The van der Waals surface area contributed by atoms with Crippen molar-refractivity contribution in [2.24, 2.45) is 0 Å². The number of Topliss-reactive ketones (excluding diaryl/α,β-unsaturated/α-hetero) is 1. The van der Waals surface area contributed by atoms with Gasteiger partial charge in [0.25, 0.3) is 11.7 Å². The molecule has 1 aliphatic rings. The predicted octanol–water partition coefficient (Wildman–Crippen LogP) is 2.16. The Kier molecular flexibility index (Phi) is 5.94. The quantitative estimate of drug-likeness (QED) is 0.445. The number of furan rings is 1. The first kappa shape index (κ1) is 20.9. The lowest BCUT2D eigenvalue weighted by molar-refractivity contribution is -0.858. The summed E-state index contributed by atoms with van der Waals surface area (Å²) in [5.74, 6) is -0.227. The molecule has 6 heteroatoms. The Balaban J connectivity index is 2.11. The molecular formula is C23H29N2O4+. The van der Waals surface area contributed by atoms with Crippen LogP contribution in [0.25, 0.3) is 5.76 Å². The minimum atomic E-state index is -0.722. The maximum absolute atomic E-state index is 13.0. The fourth-order valence-electron chi connectivity index (χ4n) is 3.75. The second kappa shape index (κ2) is 8.25. The predicted molar refractivity (Wildman–Crippen MR) is 111 cm³/mol. The normalized spacial score (nSPS) is 18.8. The summed E-state index contributed by atoms with van der Waals surface area (Å²) in [6.45, 7) is 6.89. The highest BCUT2D eigenvalue weighted by molar-refractivity contribution is 6.46. The van der Waals surface area contributed by atoms with Crippen molar-refractivity contribution in [2.45, 2.75) is 33.2 Å². The molecule has 3 rings (SSSR count). The molecule has 2 heterocycles. The van der Waals surface area contributed by atoms with Gasteiger partial charge in [0.1, 0.15) is 23.3 Å². The summed E-state index contributed by atoms with van der Waals surface area (Å²) in [4.78, 5) is 28.6. The van der Waals surface area contributed by atoms with Gasteiger partial charge in [0.15, 0.2) is 0 Å². The molecule has 1 aromatic carbocycles. The van der Waals surface area contributed by atoms with Gasteiger partial charge in [0.2, 0.25) is 0 Å². The van der Waals surface area contributed by atoms with Crippen LogP contribution >= 0.6 is 0 Å². The molecule has 154 valence electrons. The number of aryl methyl sites for hydroxylation is 3. The van der Waals surface area contributed by atoms with Gasteiger partial charge in [-0.25, -0.2) is 0 Å². The Bertz CT molecular complexity index is 971. The minimum Gasteiger partial charge on any atom is -0.507 e. The highest BCUT2D eigenvalue weighted by Crippen LogP contribution is 2.40. The SMILES string of the molecule is Cc1ccc(C)c(C(O)=C2C(=O)C(=O)N(CCC[NH+](C)C)C2c2ccc(C)o2)c1. The van der Waals surface area contributed by atoms with Crippen molar-refractivity contribution >= 4 is 17.4 Å². The van der Waals surface area contributed by atoms with Gasteiger partial charge in [-0.15, -0.1) is 0 Å². The number of nitrogens with zero attached hydrogens (tertiary/aromatic N) is 1. The van der Waals surface area contributed by atoms with Crippen molar-refractivity contribution < 1.29 is 24.0 Å². The minimum absolute atomic E-state index is 0.0928. The molecule has 29 heavy (non-hydrogen) atoms. The van der Waals surface area contributed by atoms with Crippen LogP contribution in [0, 0.1) is 20.8 Å². The Morgan fingerprint density at radius 2 is 1.86 bits per heavy atom. The van der Waals surface area contributed by atoms with Crippen LogP contribution in [0.1, 0.15) is 40.7 Å². The number of hydrogen-bond acceptors (Lipinski definition) is 4. The van der Waals surface area contributed by atoms with E-state index in [1.807, 2.05) is 53.1 Å². The number of benzene rings is 1. The first-order chi connectivity index (χ1) is 13.7. The summed E-state index contributed by atoms with van der Waals surface area (Å²) in [6.07, 6.45) is 0.745. The number of carbonyl (C=O) groups is 2. The van der Waals surface area contributed by atoms with Crippen LogP contribution < -0.4 is 4.90 Å². The maximum Gasteiger partial charge on any atom is 0.295 e.